The fraction of sp³-hybridized carbons (Fsp3) is 0.533. The molecule has 7 heteroatoms. The van der Waals surface area contributed by atoms with Crippen LogP contribution in [0.3, 0.4) is 0 Å². The van der Waals surface area contributed by atoms with E-state index in [1.54, 1.807) is 0 Å². The van der Waals surface area contributed by atoms with Crippen LogP contribution >= 0.6 is 11.6 Å². The highest BCUT2D eigenvalue weighted by Crippen LogP contribution is 2.38. The minimum Gasteiger partial charge on any atom is -0.323 e. The van der Waals surface area contributed by atoms with Crippen molar-refractivity contribution in [1.82, 2.24) is 4.90 Å². The highest BCUT2D eigenvalue weighted by Gasteiger charge is 2.35. The summed E-state index contributed by atoms with van der Waals surface area (Å²) in [6.45, 7) is 3.74. The monoisotopic (exact) mass is 334 g/mol. The molecule has 0 bridgehead atoms. The maximum atomic E-state index is 13.0. The number of nitrogens with zero attached hydrogens (tertiary/aromatic N) is 1. The third-order valence-electron chi connectivity index (χ3n) is 3.69. The fourth-order valence-corrected chi connectivity index (χ4v) is 2.92. The third-order valence-corrected chi connectivity index (χ3v) is 4.01. The van der Waals surface area contributed by atoms with Gasteiger partial charge in [0.2, 0.25) is 5.91 Å². The van der Waals surface area contributed by atoms with Gasteiger partial charge in [-0.25, -0.2) is 0 Å². The van der Waals surface area contributed by atoms with E-state index in [0.29, 0.717) is 5.92 Å². The van der Waals surface area contributed by atoms with Crippen LogP contribution in [0.4, 0.5) is 18.9 Å². The molecule has 0 saturated carbocycles. The normalized spacial score (nSPS) is 20.0. The maximum Gasteiger partial charge on any atom is 0.418 e. The molecule has 2 rings (SSSR count). The smallest absolute Gasteiger partial charge is 0.323 e. The molecule has 1 aliphatic rings. The van der Waals surface area contributed by atoms with E-state index in [1.807, 2.05) is 4.90 Å². The summed E-state index contributed by atoms with van der Waals surface area (Å²) < 4.78 is 38.9. The van der Waals surface area contributed by atoms with Crippen LogP contribution in [0, 0.1) is 5.92 Å². The Morgan fingerprint density at radius 1 is 1.45 bits per heavy atom. The first-order valence-corrected chi connectivity index (χ1v) is 7.53. The summed E-state index contributed by atoms with van der Waals surface area (Å²) in [5.41, 5.74) is -1.30. The van der Waals surface area contributed by atoms with Gasteiger partial charge in [0, 0.05) is 6.54 Å². The molecule has 1 heterocycles. The fourth-order valence-electron chi connectivity index (χ4n) is 2.70. The van der Waals surface area contributed by atoms with E-state index in [2.05, 4.69) is 12.2 Å². The van der Waals surface area contributed by atoms with Crippen molar-refractivity contribution in [2.45, 2.75) is 25.9 Å². The van der Waals surface area contributed by atoms with Crippen molar-refractivity contribution in [3.8, 4) is 0 Å². The van der Waals surface area contributed by atoms with Crippen molar-refractivity contribution in [2.75, 3.05) is 25.0 Å². The molecule has 0 aliphatic carbocycles. The molecule has 1 aliphatic heterocycles. The summed E-state index contributed by atoms with van der Waals surface area (Å²) in [5.74, 6) is 0.0142. The van der Waals surface area contributed by atoms with Gasteiger partial charge in [-0.15, -0.1) is 0 Å². The first kappa shape index (κ1) is 17.1. The minimum atomic E-state index is -4.56. The number of carbonyl (C=O) groups is 1. The van der Waals surface area contributed by atoms with Crippen LogP contribution in [-0.2, 0) is 11.0 Å². The Kier molecular flexibility index (Phi) is 5.34. The largest absolute Gasteiger partial charge is 0.418 e. The summed E-state index contributed by atoms with van der Waals surface area (Å²) >= 11 is 5.82. The lowest BCUT2D eigenvalue weighted by Gasteiger charge is -2.30. The highest BCUT2D eigenvalue weighted by molar-refractivity contribution is 6.34. The predicted octanol–water partition coefficient (Wildman–Crippen LogP) is 4.03. The van der Waals surface area contributed by atoms with Crippen LogP contribution in [0.15, 0.2) is 18.2 Å². The minimum absolute atomic E-state index is 0.0763. The van der Waals surface area contributed by atoms with Gasteiger partial charge >= 0.3 is 6.18 Å². The molecule has 1 aromatic carbocycles. The van der Waals surface area contributed by atoms with Gasteiger partial charge in [-0.1, -0.05) is 24.6 Å². The average molecular weight is 335 g/mol. The van der Waals surface area contributed by atoms with Crippen LogP contribution in [0.2, 0.25) is 5.02 Å². The Morgan fingerprint density at radius 2 is 2.18 bits per heavy atom. The maximum absolute atomic E-state index is 13.0. The zero-order valence-electron chi connectivity index (χ0n) is 12.2. The van der Waals surface area contributed by atoms with Crippen LogP contribution in [0.25, 0.3) is 0 Å². The van der Waals surface area contributed by atoms with E-state index < -0.39 is 17.6 Å². The molecule has 1 atom stereocenters. The van der Waals surface area contributed by atoms with Gasteiger partial charge in [-0.2, -0.15) is 13.2 Å². The number of hydrogen-bond donors (Lipinski definition) is 1. The SMILES string of the molecule is CC1CCCN(CC(=O)Nc2c(Cl)cccc2C(F)(F)F)C1. The molecule has 1 fully saturated rings. The second-order valence-electron chi connectivity index (χ2n) is 5.69. The molecule has 22 heavy (non-hydrogen) atoms. The molecular weight excluding hydrogens is 317 g/mol. The van der Waals surface area contributed by atoms with Crippen LogP contribution in [0.5, 0.6) is 0 Å². The number of amides is 1. The van der Waals surface area contributed by atoms with E-state index in [1.165, 1.54) is 12.1 Å². The third kappa shape index (κ3) is 4.36. The van der Waals surface area contributed by atoms with Gasteiger partial charge in [0.15, 0.2) is 0 Å². The Balaban J connectivity index is 2.08. The number of likely N-dealkylation sites (tertiary alicyclic amines) is 1. The topological polar surface area (TPSA) is 32.3 Å². The molecule has 1 saturated heterocycles. The van der Waals surface area contributed by atoms with Gasteiger partial charge in [-0.05, 0) is 37.4 Å². The van der Waals surface area contributed by atoms with Gasteiger partial charge in [0.25, 0.3) is 0 Å². The summed E-state index contributed by atoms with van der Waals surface area (Å²) in [6, 6.07) is 3.45. The number of halogens is 4. The lowest BCUT2D eigenvalue weighted by molar-refractivity contribution is -0.137. The Morgan fingerprint density at radius 3 is 2.82 bits per heavy atom. The number of anilines is 1. The van der Waals surface area contributed by atoms with Crippen LogP contribution in [-0.4, -0.2) is 30.4 Å². The average Bonchev–Trinajstić information content (AvgIpc) is 2.39. The Hall–Kier alpha value is -1.27. The molecule has 0 spiro atoms. The highest BCUT2D eigenvalue weighted by atomic mass is 35.5. The lowest BCUT2D eigenvalue weighted by atomic mass is 10.0. The van der Waals surface area contributed by atoms with E-state index in [4.69, 9.17) is 11.6 Å². The Bertz CT molecular complexity index is 548. The van der Waals surface area contributed by atoms with Crippen molar-refractivity contribution in [3.63, 3.8) is 0 Å². The lowest BCUT2D eigenvalue weighted by Crippen LogP contribution is -2.40. The summed E-state index contributed by atoms with van der Waals surface area (Å²) in [5, 5.41) is 2.20. The van der Waals surface area contributed by atoms with Crippen molar-refractivity contribution < 1.29 is 18.0 Å². The standard InChI is InChI=1S/C15H18ClF3N2O/c1-10-4-3-7-21(8-10)9-13(22)20-14-11(15(17,18)19)5-2-6-12(14)16/h2,5-6,10H,3-4,7-9H2,1H3,(H,20,22). The van der Waals surface area contributed by atoms with E-state index in [0.717, 1.165) is 32.0 Å². The number of para-hydroxylation sites is 1. The zero-order chi connectivity index (χ0) is 16.3. The van der Waals surface area contributed by atoms with Gasteiger partial charge < -0.3 is 5.32 Å². The molecule has 3 nitrogen and oxygen atoms in total. The molecule has 122 valence electrons. The van der Waals surface area contributed by atoms with E-state index in [-0.39, 0.29) is 17.3 Å². The molecule has 1 aromatic rings. The summed E-state index contributed by atoms with van der Waals surface area (Å²) in [7, 11) is 0. The Labute approximate surface area is 132 Å². The molecule has 1 unspecified atom stereocenters. The van der Waals surface area contributed by atoms with Gasteiger partial charge in [-0.3, -0.25) is 9.69 Å². The predicted molar refractivity (Wildman–Crippen MR) is 79.9 cm³/mol. The number of piperidine rings is 1. The number of hydrogen-bond acceptors (Lipinski definition) is 2. The second-order valence-corrected chi connectivity index (χ2v) is 6.10. The molecule has 1 amide bonds. The van der Waals surface area contributed by atoms with Gasteiger partial charge in [0.05, 0.1) is 22.8 Å². The van der Waals surface area contributed by atoms with E-state index in [9.17, 15) is 18.0 Å². The first-order valence-electron chi connectivity index (χ1n) is 7.15. The van der Waals surface area contributed by atoms with E-state index >= 15 is 0 Å². The first-order chi connectivity index (χ1) is 10.3. The molecular formula is C15H18ClF3N2O. The number of rotatable bonds is 3. The van der Waals surface area contributed by atoms with Crippen LogP contribution in [0.1, 0.15) is 25.3 Å². The number of nitrogens with one attached hydrogen (secondary N) is 1. The van der Waals surface area contributed by atoms with Crippen molar-refractivity contribution in [1.29, 1.82) is 0 Å². The van der Waals surface area contributed by atoms with Crippen LogP contribution < -0.4 is 5.32 Å². The van der Waals surface area contributed by atoms with Crippen molar-refractivity contribution in [2.24, 2.45) is 5.92 Å². The number of benzene rings is 1. The second kappa shape index (κ2) is 6.87. The molecule has 0 radical (unpaired) electrons. The molecule has 0 aromatic heterocycles. The summed E-state index contributed by atoms with van der Waals surface area (Å²) in [4.78, 5) is 14.0. The van der Waals surface area contributed by atoms with Gasteiger partial charge in [0.1, 0.15) is 0 Å². The zero-order valence-corrected chi connectivity index (χ0v) is 13.0. The number of alkyl halides is 3. The quantitative estimate of drug-likeness (QED) is 0.905. The summed E-state index contributed by atoms with van der Waals surface area (Å²) in [6.07, 6.45) is -2.46. The number of carbonyl (C=O) groups excluding carboxylic acids is 1. The van der Waals surface area contributed by atoms with Crippen molar-refractivity contribution in [3.05, 3.63) is 28.8 Å². The van der Waals surface area contributed by atoms with Crippen molar-refractivity contribution >= 4 is 23.2 Å². The molecule has 1 N–H and O–H groups in total.